The van der Waals surface area contributed by atoms with Crippen LogP contribution in [0.1, 0.15) is 11.1 Å². The van der Waals surface area contributed by atoms with Crippen LogP contribution >= 0.6 is 40.4 Å². The van der Waals surface area contributed by atoms with Crippen molar-refractivity contribution in [3.8, 4) is 0 Å². The van der Waals surface area contributed by atoms with E-state index in [-0.39, 0.29) is 0 Å². The number of hydrogen-bond acceptors (Lipinski definition) is 0. The summed E-state index contributed by atoms with van der Waals surface area (Å²) in [4.78, 5) is 0. The molecule has 0 saturated heterocycles. The van der Waals surface area contributed by atoms with Crippen molar-refractivity contribution in [1.29, 1.82) is 0 Å². The van der Waals surface area contributed by atoms with Crippen molar-refractivity contribution < 1.29 is 18.6 Å². The molecule has 0 saturated carbocycles. The second-order valence-corrected chi connectivity index (χ2v) is 16.0. The predicted molar refractivity (Wildman–Crippen MR) is 77.8 cm³/mol. The van der Waals surface area contributed by atoms with Crippen molar-refractivity contribution in [2.75, 3.05) is 0 Å². The van der Waals surface area contributed by atoms with E-state index in [0.717, 1.165) is 14.4 Å². The third-order valence-corrected chi connectivity index (χ3v) is 9.41. The first kappa shape index (κ1) is 14.7. The molecule has 0 amide bonds. The molecule has 0 aromatic heterocycles. The third kappa shape index (κ3) is 3.68. The Labute approximate surface area is 131 Å². The van der Waals surface area contributed by atoms with Crippen LogP contribution in [-0.4, -0.2) is 3.26 Å². The van der Waals surface area contributed by atoms with Gasteiger partial charge in [-0.1, -0.05) is 0 Å². The zero-order chi connectivity index (χ0) is 13.1. The van der Waals surface area contributed by atoms with Gasteiger partial charge in [-0.2, -0.15) is 0 Å². The van der Waals surface area contributed by atoms with Gasteiger partial charge in [0.15, 0.2) is 0 Å². The summed E-state index contributed by atoms with van der Waals surface area (Å²) in [5.41, 5.74) is 1.97. The summed E-state index contributed by atoms with van der Waals surface area (Å²) in [6.45, 7) is 0. The molecule has 0 aliphatic heterocycles. The van der Waals surface area contributed by atoms with Crippen molar-refractivity contribution in [1.82, 2.24) is 0 Å². The summed E-state index contributed by atoms with van der Waals surface area (Å²) < 4.78 is 1.01. The van der Waals surface area contributed by atoms with E-state index in [9.17, 15) is 0 Å². The molecular weight excluding hydrogens is 476 g/mol. The molecule has 0 N–H and O–H groups in total. The minimum absolute atomic E-state index is 0.674. The molecule has 0 radical (unpaired) electrons. The van der Waals surface area contributed by atoms with E-state index in [2.05, 4.69) is 0 Å². The molecular formula is C13H8Cl4Hf. The Kier molecular flexibility index (Phi) is 5.47. The van der Waals surface area contributed by atoms with Gasteiger partial charge in [-0.3, -0.25) is 0 Å². The molecule has 2 aromatic carbocycles. The van der Waals surface area contributed by atoms with Crippen molar-refractivity contribution in [2.45, 2.75) is 0 Å². The van der Waals surface area contributed by atoms with Crippen LogP contribution in [0.5, 0.6) is 0 Å². The van der Waals surface area contributed by atoms with Gasteiger partial charge in [-0.05, 0) is 0 Å². The summed E-state index contributed by atoms with van der Waals surface area (Å²) >= 11 is 9.25. The summed E-state index contributed by atoms with van der Waals surface area (Å²) in [5.74, 6) is 0. The maximum absolute atomic E-state index is 6.27. The molecule has 0 aliphatic rings. The standard InChI is InChI=1S/C13H8Cl2.2ClH.Hf/c14-12-5-1-3-10(8-12)7-11-4-2-6-13(15)9-11;;;/h1-6,8-9H;2*1H;/q;;;+2/p-2. The third-order valence-electron chi connectivity index (χ3n) is 2.42. The number of rotatable bonds is 2. The Morgan fingerprint density at radius 2 is 1.22 bits per heavy atom. The summed E-state index contributed by atoms with van der Waals surface area (Å²) in [7, 11) is 12.5. The van der Waals surface area contributed by atoms with Crippen LogP contribution in [0.4, 0.5) is 0 Å². The summed E-state index contributed by atoms with van der Waals surface area (Å²) in [5, 5.41) is 1.35. The van der Waals surface area contributed by atoms with E-state index in [1.165, 1.54) is 0 Å². The van der Waals surface area contributed by atoms with E-state index in [4.69, 9.17) is 40.4 Å². The molecule has 5 heteroatoms. The molecule has 0 heterocycles. The van der Waals surface area contributed by atoms with Gasteiger partial charge in [0.1, 0.15) is 0 Å². The van der Waals surface area contributed by atoms with Gasteiger partial charge in [0.2, 0.25) is 0 Å². The van der Waals surface area contributed by atoms with Crippen molar-refractivity contribution in [3.63, 3.8) is 0 Å². The average Bonchev–Trinajstić information content (AvgIpc) is 2.28. The van der Waals surface area contributed by atoms with Gasteiger partial charge in [-0.25, -0.2) is 0 Å². The van der Waals surface area contributed by atoms with Crippen LogP contribution in [-0.2, 0) is 18.6 Å². The normalized spacial score (nSPS) is 10.2. The van der Waals surface area contributed by atoms with Crippen LogP contribution in [0.15, 0.2) is 48.5 Å². The molecule has 92 valence electrons. The molecule has 0 fully saturated rings. The summed E-state index contributed by atoms with van der Waals surface area (Å²) in [6, 6.07) is 15.1. The second kappa shape index (κ2) is 6.67. The van der Waals surface area contributed by atoms with Crippen LogP contribution < -0.4 is 0 Å². The Morgan fingerprint density at radius 1 is 0.778 bits per heavy atom. The SMILES string of the molecule is Clc1cccc([C](c2cccc(Cl)c2)=[Hf]([Cl])[Cl])c1. The van der Waals surface area contributed by atoms with Gasteiger partial charge in [-0.15, -0.1) is 0 Å². The first-order valence-electron chi connectivity index (χ1n) is 5.15. The van der Waals surface area contributed by atoms with Gasteiger partial charge in [0, 0.05) is 0 Å². The Bertz CT molecular complexity index is 556. The van der Waals surface area contributed by atoms with Crippen molar-refractivity contribution in [2.24, 2.45) is 0 Å². The first-order chi connectivity index (χ1) is 8.58. The predicted octanol–water partition coefficient (Wildman–Crippen LogP) is 5.49. The summed E-state index contributed by atoms with van der Waals surface area (Å²) in [6.07, 6.45) is 0. The number of hydrogen-bond donors (Lipinski definition) is 0. The van der Waals surface area contributed by atoms with Crippen LogP contribution in [0.2, 0.25) is 10.0 Å². The second-order valence-electron chi connectivity index (χ2n) is 3.66. The Morgan fingerprint density at radius 3 is 1.56 bits per heavy atom. The molecule has 2 rings (SSSR count). The van der Waals surface area contributed by atoms with E-state index < -0.39 is 18.6 Å². The first-order valence-corrected chi connectivity index (χ1v) is 16.6. The number of benzene rings is 2. The molecule has 18 heavy (non-hydrogen) atoms. The topological polar surface area (TPSA) is 0 Å². The van der Waals surface area contributed by atoms with Gasteiger partial charge < -0.3 is 0 Å². The van der Waals surface area contributed by atoms with E-state index >= 15 is 0 Å². The van der Waals surface area contributed by atoms with Gasteiger partial charge >= 0.3 is 132 Å². The average molecular weight is 485 g/mol. The molecule has 0 aliphatic carbocycles. The molecule has 0 nitrogen and oxygen atoms in total. The Hall–Kier alpha value is 0.340. The quantitative estimate of drug-likeness (QED) is 0.495. The van der Waals surface area contributed by atoms with Crippen LogP contribution in [0.3, 0.4) is 0 Å². The molecule has 0 spiro atoms. The van der Waals surface area contributed by atoms with E-state index in [1.54, 1.807) is 0 Å². The van der Waals surface area contributed by atoms with Crippen LogP contribution in [0, 0.1) is 0 Å². The van der Waals surface area contributed by atoms with Crippen molar-refractivity contribution >= 4 is 43.6 Å². The maximum atomic E-state index is 6.27. The van der Waals surface area contributed by atoms with Crippen molar-refractivity contribution in [3.05, 3.63) is 69.7 Å². The minimum atomic E-state index is -2.77. The number of halogens is 4. The fraction of sp³-hybridized carbons (Fsp3) is 0. The van der Waals surface area contributed by atoms with E-state index in [0.29, 0.717) is 10.0 Å². The van der Waals surface area contributed by atoms with E-state index in [1.807, 2.05) is 48.5 Å². The van der Waals surface area contributed by atoms with Gasteiger partial charge in [0.05, 0.1) is 0 Å². The molecule has 0 unspecified atom stereocenters. The molecule has 2 aromatic rings. The van der Waals surface area contributed by atoms with Gasteiger partial charge in [0.25, 0.3) is 0 Å². The molecule has 0 bridgehead atoms. The van der Waals surface area contributed by atoms with Crippen LogP contribution in [0.25, 0.3) is 0 Å². The monoisotopic (exact) mass is 484 g/mol. The Balaban J connectivity index is 2.59. The molecule has 0 atom stereocenters. The zero-order valence-electron chi connectivity index (χ0n) is 9.13. The fourth-order valence-electron chi connectivity index (χ4n) is 1.67. The fourth-order valence-corrected chi connectivity index (χ4v) is 8.31. The zero-order valence-corrected chi connectivity index (χ0v) is 15.7.